The molecular formula is C13H21N3O5. The topological polar surface area (TPSA) is 108 Å². The van der Waals surface area contributed by atoms with Crippen molar-refractivity contribution in [1.29, 1.82) is 0 Å². The standard InChI is InChI=1S/C13H21N3O5/c1-21-6-4-9(12(18)19)15-13(20)16-5-2-3-8-10(16)7-14-11(8)17/h8-10H,2-7H2,1H3,(H,14,17)(H,15,20)(H,18,19). The Morgan fingerprint density at radius 2 is 2.33 bits per heavy atom. The van der Waals surface area contributed by atoms with Crippen LogP contribution in [0, 0.1) is 5.92 Å². The molecule has 0 radical (unpaired) electrons. The Labute approximate surface area is 122 Å². The van der Waals surface area contributed by atoms with Gasteiger partial charge in [0.05, 0.1) is 12.0 Å². The summed E-state index contributed by atoms with van der Waals surface area (Å²) in [6.45, 7) is 1.23. The van der Waals surface area contributed by atoms with E-state index in [2.05, 4.69) is 10.6 Å². The SMILES string of the molecule is COCCC(NC(=O)N1CCCC2C(=O)NCC21)C(=O)O. The van der Waals surface area contributed by atoms with Gasteiger partial charge in [-0.1, -0.05) is 0 Å². The van der Waals surface area contributed by atoms with Crippen molar-refractivity contribution in [3.8, 4) is 0 Å². The fourth-order valence-electron chi connectivity index (χ4n) is 2.93. The number of fused-ring (bicyclic) bond motifs is 1. The van der Waals surface area contributed by atoms with Crippen molar-refractivity contribution in [2.75, 3.05) is 26.8 Å². The third-order valence-corrected chi connectivity index (χ3v) is 4.07. The zero-order valence-corrected chi connectivity index (χ0v) is 12.0. The van der Waals surface area contributed by atoms with Crippen LogP contribution in [0.4, 0.5) is 4.79 Å². The molecule has 3 unspecified atom stereocenters. The summed E-state index contributed by atoms with van der Waals surface area (Å²) in [7, 11) is 1.48. The number of carbonyl (C=O) groups is 3. The zero-order valence-electron chi connectivity index (χ0n) is 12.0. The largest absolute Gasteiger partial charge is 0.480 e. The molecule has 2 rings (SSSR count). The molecule has 3 N–H and O–H groups in total. The number of aliphatic carboxylic acids is 1. The van der Waals surface area contributed by atoms with Crippen LogP contribution in [0.15, 0.2) is 0 Å². The summed E-state index contributed by atoms with van der Waals surface area (Å²) in [5.41, 5.74) is 0. The number of piperidine rings is 1. The summed E-state index contributed by atoms with van der Waals surface area (Å²) in [4.78, 5) is 36.7. The van der Waals surface area contributed by atoms with Crippen molar-refractivity contribution in [1.82, 2.24) is 15.5 Å². The lowest BCUT2D eigenvalue weighted by Crippen LogP contribution is -2.55. The van der Waals surface area contributed by atoms with Crippen LogP contribution in [-0.4, -0.2) is 66.8 Å². The third-order valence-electron chi connectivity index (χ3n) is 4.07. The molecular weight excluding hydrogens is 278 g/mol. The van der Waals surface area contributed by atoms with Crippen LogP contribution < -0.4 is 10.6 Å². The fourth-order valence-corrected chi connectivity index (χ4v) is 2.93. The highest BCUT2D eigenvalue weighted by Crippen LogP contribution is 2.27. The number of rotatable bonds is 5. The predicted molar refractivity (Wildman–Crippen MR) is 72.7 cm³/mol. The second-order valence-electron chi connectivity index (χ2n) is 5.38. The Kier molecular flexibility index (Phi) is 5.00. The van der Waals surface area contributed by atoms with Crippen LogP contribution in [0.3, 0.4) is 0 Å². The van der Waals surface area contributed by atoms with Crippen molar-refractivity contribution in [2.24, 2.45) is 5.92 Å². The molecule has 0 aromatic rings. The first-order chi connectivity index (χ1) is 10.0. The number of urea groups is 1. The van der Waals surface area contributed by atoms with Gasteiger partial charge in [0.25, 0.3) is 0 Å². The van der Waals surface area contributed by atoms with E-state index in [1.165, 1.54) is 7.11 Å². The summed E-state index contributed by atoms with van der Waals surface area (Å²) in [6, 6.07) is -1.59. The molecule has 3 atom stereocenters. The number of likely N-dealkylation sites (tertiary alicyclic amines) is 1. The molecule has 118 valence electrons. The molecule has 0 aromatic heterocycles. The van der Waals surface area contributed by atoms with Gasteiger partial charge in [-0.2, -0.15) is 0 Å². The highest BCUT2D eigenvalue weighted by atomic mass is 16.5. The third kappa shape index (κ3) is 3.44. The molecule has 0 aromatic carbocycles. The molecule has 3 amide bonds. The van der Waals surface area contributed by atoms with E-state index in [4.69, 9.17) is 9.84 Å². The Hall–Kier alpha value is -1.83. The Morgan fingerprint density at radius 1 is 1.57 bits per heavy atom. The van der Waals surface area contributed by atoms with Crippen molar-refractivity contribution in [2.45, 2.75) is 31.3 Å². The number of nitrogens with zero attached hydrogens (tertiary/aromatic N) is 1. The van der Waals surface area contributed by atoms with Gasteiger partial charge >= 0.3 is 12.0 Å². The van der Waals surface area contributed by atoms with E-state index in [-0.39, 0.29) is 30.9 Å². The van der Waals surface area contributed by atoms with E-state index < -0.39 is 18.0 Å². The van der Waals surface area contributed by atoms with Crippen LogP contribution in [-0.2, 0) is 14.3 Å². The van der Waals surface area contributed by atoms with E-state index in [1.807, 2.05) is 0 Å². The number of carboxylic acid groups (broad SMARTS) is 1. The first-order valence-corrected chi connectivity index (χ1v) is 7.11. The van der Waals surface area contributed by atoms with Gasteiger partial charge in [0, 0.05) is 33.2 Å². The quantitative estimate of drug-likeness (QED) is 0.628. The van der Waals surface area contributed by atoms with Gasteiger partial charge in [-0.25, -0.2) is 9.59 Å². The molecule has 0 spiro atoms. The van der Waals surface area contributed by atoms with E-state index in [0.717, 1.165) is 12.8 Å². The van der Waals surface area contributed by atoms with Crippen LogP contribution >= 0.6 is 0 Å². The molecule has 2 aliphatic rings. The Bertz CT molecular complexity index is 428. The van der Waals surface area contributed by atoms with Gasteiger partial charge in [-0.05, 0) is 12.8 Å². The van der Waals surface area contributed by atoms with Crippen LogP contribution in [0.1, 0.15) is 19.3 Å². The lowest BCUT2D eigenvalue weighted by molar-refractivity contribution is -0.139. The maximum Gasteiger partial charge on any atom is 0.326 e. The number of nitrogens with one attached hydrogen (secondary N) is 2. The maximum absolute atomic E-state index is 12.3. The lowest BCUT2D eigenvalue weighted by Gasteiger charge is -2.36. The van der Waals surface area contributed by atoms with Crippen molar-refractivity contribution < 1.29 is 24.2 Å². The average Bonchev–Trinajstić information content (AvgIpc) is 2.84. The molecule has 0 bridgehead atoms. The molecule has 8 nitrogen and oxygen atoms in total. The highest BCUT2D eigenvalue weighted by Gasteiger charge is 2.43. The van der Waals surface area contributed by atoms with Crippen LogP contribution in [0.2, 0.25) is 0 Å². The predicted octanol–water partition coefficient (Wildman–Crippen LogP) is -0.604. The molecule has 0 aliphatic carbocycles. The second-order valence-corrected chi connectivity index (χ2v) is 5.38. The second kappa shape index (κ2) is 6.75. The minimum absolute atomic E-state index is 0.0216. The molecule has 21 heavy (non-hydrogen) atoms. The minimum atomic E-state index is -1.09. The van der Waals surface area contributed by atoms with Gasteiger partial charge in [0.15, 0.2) is 0 Å². The van der Waals surface area contributed by atoms with E-state index >= 15 is 0 Å². The number of carboxylic acids is 1. The summed E-state index contributed by atoms with van der Waals surface area (Å²) in [5.74, 6) is -1.28. The monoisotopic (exact) mass is 299 g/mol. The summed E-state index contributed by atoms with van der Waals surface area (Å²) in [6.07, 6.45) is 1.72. The van der Waals surface area contributed by atoms with Gasteiger partial charge in [0.1, 0.15) is 6.04 Å². The minimum Gasteiger partial charge on any atom is -0.480 e. The Morgan fingerprint density at radius 3 is 3.00 bits per heavy atom. The van der Waals surface area contributed by atoms with Gasteiger partial charge < -0.3 is 25.4 Å². The molecule has 2 aliphatic heterocycles. The Balaban J connectivity index is 1.98. The molecule has 8 heteroatoms. The fraction of sp³-hybridized carbons (Fsp3) is 0.769. The van der Waals surface area contributed by atoms with E-state index in [1.54, 1.807) is 4.90 Å². The van der Waals surface area contributed by atoms with Crippen LogP contribution in [0.25, 0.3) is 0 Å². The van der Waals surface area contributed by atoms with E-state index in [0.29, 0.717) is 13.1 Å². The smallest absolute Gasteiger partial charge is 0.326 e. The lowest BCUT2D eigenvalue weighted by atomic mass is 9.92. The zero-order chi connectivity index (χ0) is 15.4. The first kappa shape index (κ1) is 15.6. The van der Waals surface area contributed by atoms with Crippen LogP contribution in [0.5, 0.6) is 0 Å². The van der Waals surface area contributed by atoms with E-state index in [9.17, 15) is 14.4 Å². The number of carbonyl (C=O) groups excluding carboxylic acids is 2. The molecule has 2 heterocycles. The molecule has 2 fully saturated rings. The average molecular weight is 299 g/mol. The molecule has 0 saturated carbocycles. The van der Waals surface area contributed by atoms with Gasteiger partial charge in [0.2, 0.25) is 5.91 Å². The number of methoxy groups -OCH3 is 1. The normalized spacial score (nSPS) is 26.0. The van der Waals surface area contributed by atoms with Gasteiger partial charge in [-0.3, -0.25) is 4.79 Å². The highest BCUT2D eigenvalue weighted by molar-refractivity contribution is 5.86. The summed E-state index contributed by atoms with van der Waals surface area (Å²) >= 11 is 0. The maximum atomic E-state index is 12.3. The number of hydrogen-bond acceptors (Lipinski definition) is 4. The number of ether oxygens (including phenoxy) is 1. The summed E-state index contributed by atoms with van der Waals surface area (Å²) in [5, 5.41) is 14.4. The summed E-state index contributed by atoms with van der Waals surface area (Å²) < 4.78 is 4.85. The molecule has 2 saturated heterocycles. The van der Waals surface area contributed by atoms with Crippen molar-refractivity contribution in [3.05, 3.63) is 0 Å². The number of amides is 3. The van der Waals surface area contributed by atoms with Gasteiger partial charge in [-0.15, -0.1) is 0 Å². The first-order valence-electron chi connectivity index (χ1n) is 7.11. The van der Waals surface area contributed by atoms with Crippen molar-refractivity contribution in [3.63, 3.8) is 0 Å². The number of hydrogen-bond donors (Lipinski definition) is 3. The van der Waals surface area contributed by atoms with Crippen molar-refractivity contribution >= 4 is 17.9 Å².